The summed E-state index contributed by atoms with van der Waals surface area (Å²) in [5, 5.41) is 5.69. The third-order valence-electron chi connectivity index (χ3n) is 4.74. The van der Waals surface area contributed by atoms with Gasteiger partial charge in [-0.2, -0.15) is 0 Å². The van der Waals surface area contributed by atoms with Gasteiger partial charge in [0.1, 0.15) is 12.2 Å². The van der Waals surface area contributed by atoms with E-state index in [2.05, 4.69) is 40.2 Å². The standard InChI is InChI=1S/C18H30N6O2Si/c1-27(2,3)9-8-26-12-24-7-6-15-17(24)20-11-16(22-15)23-18(25)21-14-5-4-13(19)10-14/h6-7,11,13-14H,4-5,8-10,12,19H2,1-3H3,(H2,21,22,23,25)/t13-,14-/m0/s1. The molecule has 2 aromatic rings. The number of carbonyl (C=O) groups is 1. The molecule has 2 heterocycles. The fraction of sp³-hybridized carbons (Fsp3) is 0.611. The summed E-state index contributed by atoms with van der Waals surface area (Å²) in [7, 11) is -1.09. The molecule has 0 saturated heterocycles. The lowest BCUT2D eigenvalue weighted by atomic mass is 10.2. The Kier molecular flexibility index (Phi) is 6.13. The number of nitrogens with two attached hydrogens (primary N) is 1. The first-order valence-corrected chi connectivity index (χ1v) is 13.2. The molecule has 1 fully saturated rings. The first-order chi connectivity index (χ1) is 12.8. The van der Waals surface area contributed by atoms with Crippen LogP contribution in [0.25, 0.3) is 11.2 Å². The topological polar surface area (TPSA) is 107 Å². The number of nitrogens with zero attached hydrogens (tertiary/aromatic N) is 3. The molecule has 1 aliphatic rings. The monoisotopic (exact) mass is 390 g/mol. The predicted octanol–water partition coefficient (Wildman–Crippen LogP) is 2.74. The molecule has 2 atom stereocenters. The van der Waals surface area contributed by atoms with Gasteiger partial charge in [-0.15, -0.1) is 0 Å². The van der Waals surface area contributed by atoms with E-state index in [1.807, 2.05) is 16.8 Å². The Morgan fingerprint density at radius 3 is 2.93 bits per heavy atom. The molecule has 1 aliphatic carbocycles. The summed E-state index contributed by atoms with van der Waals surface area (Å²) >= 11 is 0. The van der Waals surface area contributed by atoms with E-state index >= 15 is 0 Å². The van der Waals surface area contributed by atoms with E-state index in [4.69, 9.17) is 10.5 Å². The van der Waals surface area contributed by atoms with Crippen LogP contribution in [-0.4, -0.2) is 47.3 Å². The smallest absolute Gasteiger partial charge is 0.320 e. The second-order valence-corrected chi connectivity index (χ2v) is 14.1. The van der Waals surface area contributed by atoms with Gasteiger partial charge in [0.25, 0.3) is 0 Å². The van der Waals surface area contributed by atoms with Crippen molar-refractivity contribution < 1.29 is 9.53 Å². The van der Waals surface area contributed by atoms with Gasteiger partial charge in [-0.05, 0) is 31.4 Å². The fourth-order valence-electron chi connectivity index (χ4n) is 3.15. The van der Waals surface area contributed by atoms with Crippen LogP contribution in [-0.2, 0) is 11.5 Å². The van der Waals surface area contributed by atoms with E-state index in [1.54, 1.807) is 6.20 Å². The molecule has 0 radical (unpaired) electrons. The number of ether oxygens (including phenoxy) is 1. The van der Waals surface area contributed by atoms with Crippen molar-refractivity contribution in [2.45, 2.75) is 63.8 Å². The van der Waals surface area contributed by atoms with Crippen molar-refractivity contribution in [2.75, 3.05) is 11.9 Å². The molecule has 2 amide bonds. The molecular weight excluding hydrogens is 360 g/mol. The average molecular weight is 391 g/mol. The van der Waals surface area contributed by atoms with Crippen molar-refractivity contribution in [2.24, 2.45) is 5.73 Å². The van der Waals surface area contributed by atoms with Gasteiger partial charge in [-0.25, -0.2) is 14.8 Å². The van der Waals surface area contributed by atoms with E-state index < -0.39 is 8.07 Å². The first kappa shape index (κ1) is 19.8. The van der Waals surface area contributed by atoms with Crippen molar-refractivity contribution in [3.05, 3.63) is 18.5 Å². The number of carbonyl (C=O) groups excluding carboxylic acids is 1. The summed E-state index contributed by atoms with van der Waals surface area (Å²) in [6, 6.07) is 3.05. The van der Waals surface area contributed by atoms with Crippen molar-refractivity contribution >= 4 is 31.1 Å². The molecule has 1 saturated carbocycles. The highest BCUT2D eigenvalue weighted by atomic mass is 28.3. The molecule has 0 aliphatic heterocycles. The van der Waals surface area contributed by atoms with Crippen molar-refractivity contribution in [1.29, 1.82) is 0 Å². The number of urea groups is 1. The number of hydrogen-bond acceptors (Lipinski definition) is 5. The number of nitrogens with one attached hydrogen (secondary N) is 2. The number of fused-ring (bicyclic) bond motifs is 1. The predicted molar refractivity (Wildman–Crippen MR) is 109 cm³/mol. The van der Waals surface area contributed by atoms with Crippen LogP contribution in [0.2, 0.25) is 25.7 Å². The third kappa shape index (κ3) is 5.75. The van der Waals surface area contributed by atoms with E-state index in [9.17, 15) is 4.79 Å². The van der Waals surface area contributed by atoms with E-state index in [0.717, 1.165) is 43.1 Å². The minimum atomic E-state index is -1.09. The highest BCUT2D eigenvalue weighted by Crippen LogP contribution is 2.18. The molecule has 0 aromatic carbocycles. The molecule has 9 heteroatoms. The highest BCUT2D eigenvalue weighted by Gasteiger charge is 2.23. The van der Waals surface area contributed by atoms with Crippen LogP contribution in [0.5, 0.6) is 0 Å². The van der Waals surface area contributed by atoms with Crippen LogP contribution < -0.4 is 16.4 Å². The van der Waals surface area contributed by atoms with Crippen LogP contribution >= 0.6 is 0 Å². The van der Waals surface area contributed by atoms with Gasteiger partial charge in [0.2, 0.25) is 0 Å². The summed E-state index contributed by atoms with van der Waals surface area (Å²) in [6.45, 7) is 8.21. The van der Waals surface area contributed by atoms with Crippen LogP contribution in [0, 0.1) is 0 Å². The molecule has 3 rings (SSSR count). The lowest BCUT2D eigenvalue weighted by Crippen LogP contribution is -2.37. The summed E-state index contributed by atoms with van der Waals surface area (Å²) in [4.78, 5) is 21.0. The Balaban J connectivity index is 1.54. The van der Waals surface area contributed by atoms with Gasteiger partial charge < -0.3 is 20.4 Å². The van der Waals surface area contributed by atoms with Crippen molar-refractivity contribution in [3.8, 4) is 0 Å². The summed E-state index contributed by atoms with van der Waals surface area (Å²) in [5.41, 5.74) is 7.35. The average Bonchev–Trinajstić information content (AvgIpc) is 3.16. The third-order valence-corrected chi connectivity index (χ3v) is 6.44. The van der Waals surface area contributed by atoms with E-state index in [0.29, 0.717) is 12.5 Å². The molecule has 0 bridgehead atoms. The Labute approximate surface area is 160 Å². The van der Waals surface area contributed by atoms with Gasteiger partial charge >= 0.3 is 6.03 Å². The summed E-state index contributed by atoms with van der Waals surface area (Å²) in [6.07, 6.45) is 6.16. The second kappa shape index (κ2) is 8.36. The molecular formula is C18H30N6O2Si. The second-order valence-electron chi connectivity index (χ2n) is 8.47. The van der Waals surface area contributed by atoms with Gasteiger partial charge in [0.15, 0.2) is 11.5 Å². The Hall–Kier alpha value is -1.97. The number of amides is 2. The largest absolute Gasteiger partial charge is 0.361 e. The van der Waals surface area contributed by atoms with Crippen LogP contribution in [0.15, 0.2) is 18.5 Å². The molecule has 8 nitrogen and oxygen atoms in total. The highest BCUT2D eigenvalue weighted by molar-refractivity contribution is 6.76. The zero-order valence-corrected chi connectivity index (χ0v) is 17.4. The molecule has 0 spiro atoms. The molecule has 27 heavy (non-hydrogen) atoms. The zero-order chi connectivity index (χ0) is 19.4. The number of anilines is 1. The van der Waals surface area contributed by atoms with Gasteiger partial charge in [-0.3, -0.25) is 5.32 Å². The maximum Gasteiger partial charge on any atom is 0.320 e. The quantitative estimate of drug-likeness (QED) is 0.498. The summed E-state index contributed by atoms with van der Waals surface area (Å²) < 4.78 is 7.71. The van der Waals surface area contributed by atoms with E-state index in [-0.39, 0.29) is 18.1 Å². The van der Waals surface area contributed by atoms with Crippen molar-refractivity contribution in [3.63, 3.8) is 0 Å². The van der Waals surface area contributed by atoms with Crippen molar-refractivity contribution in [1.82, 2.24) is 19.9 Å². The number of rotatable bonds is 7. The minimum Gasteiger partial charge on any atom is -0.361 e. The van der Waals surface area contributed by atoms with Crippen LogP contribution in [0.4, 0.5) is 10.6 Å². The summed E-state index contributed by atoms with van der Waals surface area (Å²) in [5.74, 6) is 0.430. The molecule has 2 aromatic heterocycles. The first-order valence-electron chi connectivity index (χ1n) is 9.53. The lowest BCUT2D eigenvalue weighted by Gasteiger charge is -2.15. The minimum absolute atomic E-state index is 0.131. The number of aromatic nitrogens is 3. The van der Waals surface area contributed by atoms with Gasteiger partial charge in [0, 0.05) is 33.0 Å². The number of hydrogen-bond donors (Lipinski definition) is 3. The molecule has 148 valence electrons. The Bertz CT molecular complexity index is 788. The Morgan fingerprint density at radius 2 is 2.22 bits per heavy atom. The van der Waals surface area contributed by atoms with Crippen LogP contribution in [0.3, 0.4) is 0 Å². The van der Waals surface area contributed by atoms with Crippen LogP contribution in [0.1, 0.15) is 19.3 Å². The molecule has 0 unspecified atom stereocenters. The van der Waals surface area contributed by atoms with Gasteiger partial charge in [-0.1, -0.05) is 19.6 Å². The SMILES string of the molecule is C[Si](C)(C)CCOCn1ccc2nc(NC(=O)N[C@H]3CC[C@H](N)C3)cnc21. The maximum absolute atomic E-state index is 12.1. The maximum atomic E-state index is 12.1. The lowest BCUT2D eigenvalue weighted by molar-refractivity contribution is 0.0899. The van der Waals surface area contributed by atoms with Gasteiger partial charge in [0.05, 0.1) is 6.20 Å². The Morgan fingerprint density at radius 1 is 1.41 bits per heavy atom. The fourth-order valence-corrected chi connectivity index (χ4v) is 3.91. The zero-order valence-electron chi connectivity index (χ0n) is 16.4. The normalized spacial score (nSPS) is 20.1. The van der Waals surface area contributed by atoms with E-state index in [1.165, 1.54) is 0 Å². The molecule has 4 N–H and O–H groups in total.